The molecule has 0 saturated heterocycles. The molecule has 11 aromatic carbocycles. The fourth-order valence-electron chi connectivity index (χ4n) is 11.4. The molecule has 1 heteroatoms. The molecule has 0 radical (unpaired) electrons. The van der Waals surface area contributed by atoms with Gasteiger partial charge in [-0.15, -0.1) is 0 Å². The van der Waals surface area contributed by atoms with Crippen molar-refractivity contribution in [1.29, 1.82) is 0 Å². The van der Waals surface area contributed by atoms with Crippen molar-refractivity contribution in [2.45, 2.75) is 5.41 Å². The molecule has 0 atom stereocenters. The molecule has 2 aliphatic rings. The van der Waals surface area contributed by atoms with E-state index in [1.807, 2.05) is 0 Å². The minimum absolute atomic E-state index is 0.421. The molecule has 13 rings (SSSR count). The third-order valence-electron chi connectivity index (χ3n) is 14.1. The maximum atomic E-state index is 2.50. The Bertz CT molecular complexity index is 3590. The highest BCUT2D eigenvalue weighted by molar-refractivity contribution is 6.03. The van der Waals surface area contributed by atoms with Gasteiger partial charge in [-0.3, -0.25) is 0 Å². The molecule has 0 aromatic heterocycles. The molecule has 0 amide bonds. The number of hydrogen-bond acceptors (Lipinski definition) is 1. The minimum Gasteiger partial charge on any atom is -0.310 e. The summed E-state index contributed by atoms with van der Waals surface area (Å²) in [5, 5.41) is 2.49. The van der Waals surface area contributed by atoms with Crippen LogP contribution in [0.25, 0.3) is 77.5 Å². The molecule has 308 valence electrons. The number of nitrogens with zero attached hydrogens (tertiary/aromatic N) is 1. The number of anilines is 3. The van der Waals surface area contributed by atoms with Gasteiger partial charge >= 0.3 is 0 Å². The molecule has 0 heterocycles. The van der Waals surface area contributed by atoms with Gasteiger partial charge < -0.3 is 4.90 Å². The zero-order chi connectivity index (χ0) is 43.6. The Labute approximate surface area is 386 Å². The Morgan fingerprint density at radius 3 is 1.36 bits per heavy atom. The Morgan fingerprint density at radius 1 is 0.258 bits per heavy atom. The summed E-state index contributed by atoms with van der Waals surface area (Å²) in [6.07, 6.45) is 0. The van der Waals surface area contributed by atoms with E-state index in [2.05, 4.69) is 266 Å². The summed E-state index contributed by atoms with van der Waals surface area (Å²) in [4.78, 5) is 2.50. The second-order valence-corrected chi connectivity index (χ2v) is 17.5. The van der Waals surface area contributed by atoms with Gasteiger partial charge in [0.25, 0.3) is 0 Å². The Morgan fingerprint density at radius 2 is 0.697 bits per heavy atom. The van der Waals surface area contributed by atoms with E-state index in [-0.39, 0.29) is 0 Å². The largest absolute Gasteiger partial charge is 0.310 e. The van der Waals surface area contributed by atoms with Gasteiger partial charge in [0, 0.05) is 16.9 Å². The van der Waals surface area contributed by atoms with Gasteiger partial charge in [0.05, 0.1) is 11.1 Å². The lowest BCUT2D eigenvalue weighted by atomic mass is 9.70. The first-order chi connectivity index (χ1) is 32.8. The molecule has 11 aromatic rings. The van der Waals surface area contributed by atoms with E-state index in [1.54, 1.807) is 0 Å². The summed E-state index contributed by atoms with van der Waals surface area (Å²) >= 11 is 0. The van der Waals surface area contributed by atoms with Crippen LogP contribution in [0.1, 0.15) is 22.3 Å². The van der Waals surface area contributed by atoms with Crippen LogP contribution in [0, 0.1) is 0 Å². The molecule has 1 spiro atoms. The SMILES string of the molecule is c1ccc(-c2ccccc2-c2c(-c3ccccc3)cccc2N(c2ccc(-c3cccc4ccccc34)cc2)c2ccc3c(c2)-c2ccccc2C32c3ccccc3-c3ccccc32)cc1. The monoisotopic (exact) mass is 837 g/mol. The normalized spacial score (nSPS) is 12.7. The second kappa shape index (κ2) is 15.3. The highest BCUT2D eigenvalue weighted by Gasteiger charge is 2.51. The van der Waals surface area contributed by atoms with Crippen LogP contribution in [0.5, 0.6) is 0 Å². The summed E-state index contributed by atoms with van der Waals surface area (Å²) < 4.78 is 0. The molecule has 0 fully saturated rings. The summed E-state index contributed by atoms with van der Waals surface area (Å²) in [6.45, 7) is 0. The van der Waals surface area contributed by atoms with E-state index in [9.17, 15) is 0 Å². The van der Waals surface area contributed by atoms with E-state index in [0.717, 1.165) is 17.1 Å². The molecule has 2 aliphatic carbocycles. The highest BCUT2D eigenvalue weighted by Crippen LogP contribution is 2.63. The standard InChI is InChI=1S/C65H43N/c1-3-19-44(20-4-1)52-26-9-10-30-57(52)64-53(46-21-5-2-6-22-46)32-18-36-63(64)66(48-39-37-47(38-40-48)51-31-17-24-45-23-7-8-25-50(45)51)49-41-42-62-58(43-49)56-29-13-16-35-61(56)65(62)59-33-14-11-27-54(59)55-28-12-15-34-60(55)65/h1-43H. The Hall–Kier alpha value is -8.52. The lowest BCUT2D eigenvalue weighted by molar-refractivity contribution is 0.794. The van der Waals surface area contributed by atoms with Crippen molar-refractivity contribution >= 4 is 27.8 Å². The van der Waals surface area contributed by atoms with Crippen molar-refractivity contribution in [3.63, 3.8) is 0 Å². The van der Waals surface area contributed by atoms with Crippen LogP contribution in [0.3, 0.4) is 0 Å². The van der Waals surface area contributed by atoms with Crippen molar-refractivity contribution in [2.24, 2.45) is 0 Å². The van der Waals surface area contributed by atoms with E-state index >= 15 is 0 Å². The molecule has 0 aliphatic heterocycles. The first-order valence-electron chi connectivity index (χ1n) is 22.9. The van der Waals surface area contributed by atoms with E-state index in [4.69, 9.17) is 0 Å². The van der Waals surface area contributed by atoms with Crippen molar-refractivity contribution in [3.8, 4) is 66.8 Å². The van der Waals surface area contributed by atoms with Crippen molar-refractivity contribution in [1.82, 2.24) is 0 Å². The van der Waals surface area contributed by atoms with Crippen LogP contribution in [-0.2, 0) is 5.41 Å². The summed E-state index contributed by atoms with van der Waals surface area (Å²) in [5.74, 6) is 0. The highest BCUT2D eigenvalue weighted by atomic mass is 15.1. The predicted molar refractivity (Wildman–Crippen MR) is 277 cm³/mol. The quantitative estimate of drug-likeness (QED) is 0.155. The zero-order valence-corrected chi connectivity index (χ0v) is 36.3. The first-order valence-corrected chi connectivity index (χ1v) is 22.9. The van der Waals surface area contributed by atoms with E-state index in [0.29, 0.717) is 0 Å². The van der Waals surface area contributed by atoms with Crippen LogP contribution in [-0.4, -0.2) is 0 Å². The van der Waals surface area contributed by atoms with Gasteiger partial charge in [0.15, 0.2) is 0 Å². The minimum atomic E-state index is -0.421. The summed E-state index contributed by atoms with van der Waals surface area (Å²) in [7, 11) is 0. The lowest BCUT2D eigenvalue weighted by Crippen LogP contribution is -2.25. The van der Waals surface area contributed by atoms with Crippen LogP contribution >= 0.6 is 0 Å². The molecule has 0 unspecified atom stereocenters. The third kappa shape index (κ3) is 5.73. The molecule has 0 saturated carbocycles. The van der Waals surface area contributed by atoms with Crippen LogP contribution < -0.4 is 4.90 Å². The van der Waals surface area contributed by atoms with Crippen molar-refractivity contribution in [3.05, 3.63) is 283 Å². The molecule has 0 bridgehead atoms. The molecule has 66 heavy (non-hydrogen) atoms. The van der Waals surface area contributed by atoms with Gasteiger partial charge in [-0.2, -0.15) is 0 Å². The first kappa shape index (κ1) is 38.0. The predicted octanol–water partition coefficient (Wildman–Crippen LogP) is 17.3. The van der Waals surface area contributed by atoms with Crippen LogP contribution in [0.2, 0.25) is 0 Å². The lowest BCUT2D eigenvalue weighted by Gasteiger charge is -2.32. The Kier molecular flexibility index (Phi) is 8.82. The number of fused-ring (bicyclic) bond motifs is 11. The van der Waals surface area contributed by atoms with Crippen molar-refractivity contribution < 1.29 is 0 Å². The zero-order valence-electron chi connectivity index (χ0n) is 36.3. The van der Waals surface area contributed by atoms with Gasteiger partial charge in [-0.05, 0) is 125 Å². The average Bonchev–Trinajstić information content (AvgIpc) is 3.86. The second-order valence-electron chi connectivity index (χ2n) is 17.5. The van der Waals surface area contributed by atoms with Gasteiger partial charge in [0.2, 0.25) is 0 Å². The number of rotatable bonds is 7. The van der Waals surface area contributed by atoms with Crippen molar-refractivity contribution in [2.75, 3.05) is 4.90 Å². The summed E-state index contributed by atoms with van der Waals surface area (Å²) in [5.41, 5.74) is 22.9. The maximum Gasteiger partial charge on any atom is 0.0725 e. The van der Waals surface area contributed by atoms with Gasteiger partial charge in [-0.1, -0.05) is 231 Å². The maximum absolute atomic E-state index is 2.50. The fourth-order valence-corrected chi connectivity index (χ4v) is 11.4. The molecule has 0 N–H and O–H groups in total. The van der Waals surface area contributed by atoms with Gasteiger partial charge in [0.1, 0.15) is 0 Å². The van der Waals surface area contributed by atoms with Crippen LogP contribution in [0.4, 0.5) is 17.1 Å². The third-order valence-corrected chi connectivity index (χ3v) is 14.1. The van der Waals surface area contributed by atoms with E-state index < -0.39 is 5.41 Å². The number of benzene rings is 11. The Balaban J connectivity index is 1.08. The smallest absolute Gasteiger partial charge is 0.0725 e. The molecular formula is C65H43N. The van der Waals surface area contributed by atoms with Gasteiger partial charge in [-0.25, -0.2) is 0 Å². The number of hydrogen-bond donors (Lipinski definition) is 0. The molecular weight excluding hydrogens is 795 g/mol. The summed E-state index contributed by atoms with van der Waals surface area (Å²) in [6, 6.07) is 96.4. The van der Waals surface area contributed by atoms with E-state index in [1.165, 1.54) is 99.8 Å². The molecule has 1 nitrogen and oxygen atoms in total. The topological polar surface area (TPSA) is 3.24 Å². The van der Waals surface area contributed by atoms with Crippen LogP contribution in [0.15, 0.2) is 261 Å². The fraction of sp³-hybridized carbons (Fsp3) is 0.0154. The average molecular weight is 838 g/mol.